The van der Waals surface area contributed by atoms with Crippen molar-refractivity contribution in [2.24, 2.45) is 0 Å². The number of aliphatic carboxylic acids is 1. The largest absolute Gasteiger partial charge is 0.496 e. The Morgan fingerprint density at radius 2 is 1.88 bits per heavy atom. The van der Waals surface area contributed by atoms with Crippen LogP contribution in [-0.4, -0.2) is 60.3 Å². The fourth-order valence-electron chi connectivity index (χ4n) is 4.19. The second kappa shape index (κ2) is 9.40. The number of anilines is 1. The van der Waals surface area contributed by atoms with E-state index in [0.29, 0.717) is 43.0 Å². The van der Waals surface area contributed by atoms with Gasteiger partial charge >= 0.3 is 12.1 Å². The summed E-state index contributed by atoms with van der Waals surface area (Å²) in [5, 5.41) is 9.02. The number of amides is 2. The number of carboxylic acids is 1. The lowest BCUT2D eigenvalue weighted by Crippen LogP contribution is -2.50. The van der Waals surface area contributed by atoms with Gasteiger partial charge in [-0.3, -0.25) is 9.69 Å². The molecule has 0 radical (unpaired) electrons. The van der Waals surface area contributed by atoms with E-state index in [9.17, 15) is 14.4 Å². The normalized spacial score (nSPS) is 17.1. The Kier molecular flexibility index (Phi) is 6.39. The molecule has 0 aromatic heterocycles. The van der Waals surface area contributed by atoms with E-state index in [0.717, 1.165) is 11.3 Å². The fraction of sp³-hybridized carbons (Fsp3) is 0.375. The summed E-state index contributed by atoms with van der Waals surface area (Å²) >= 11 is 0. The Bertz CT molecular complexity index is 1060. The molecule has 2 aromatic carbocycles. The number of piperidine rings is 1. The number of benzene rings is 2. The average Bonchev–Trinajstić information content (AvgIpc) is 2.83. The highest BCUT2D eigenvalue weighted by molar-refractivity contribution is 5.97. The standard InChI is InChI=1S/C24H26N2O7/c1-15(23(28)29)33-18-7-8-19(21(13-18)31-2)22(27)25-11-9-17(10-12-25)26-20-6-4-3-5-16(20)14-32-24(26)30/h3-8,13,15,17H,9-12,14H2,1-2H3,(H,28,29). The second-order valence-corrected chi connectivity index (χ2v) is 8.04. The van der Waals surface area contributed by atoms with Gasteiger partial charge in [0.15, 0.2) is 6.10 Å². The maximum atomic E-state index is 13.2. The first-order valence-corrected chi connectivity index (χ1v) is 10.8. The zero-order chi connectivity index (χ0) is 23.5. The van der Waals surface area contributed by atoms with Crippen molar-refractivity contribution in [3.8, 4) is 11.5 Å². The van der Waals surface area contributed by atoms with Gasteiger partial charge in [-0.15, -0.1) is 0 Å². The van der Waals surface area contributed by atoms with Crippen molar-refractivity contribution >= 4 is 23.7 Å². The van der Waals surface area contributed by atoms with Crippen LogP contribution in [-0.2, 0) is 16.1 Å². The number of carbonyl (C=O) groups excluding carboxylic acids is 2. The SMILES string of the molecule is COc1cc(OC(C)C(=O)O)ccc1C(=O)N1CCC(N2C(=O)OCc3ccccc32)CC1. The monoisotopic (exact) mass is 454 g/mol. The summed E-state index contributed by atoms with van der Waals surface area (Å²) in [5.74, 6) is -0.660. The summed E-state index contributed by atoms with van der Waals surface area (Å²) in [6.07, 6.45) is -0.142. The number of para-hydroxylation sites is 1. The third-order valence-corrected chi connectivity index (χ3v) is 5.98. The molecule has 0 saturated carbocycles. The summed E-state index contributed by atoms with van der Waals surface area (Å²) in [4.78, 5) is 40.1. The number of fused-ring (bicyclic) bond motifs is 1. The molecule has 33 heavy (non-hydrogen) atoms. The molecular weight excluding hydrogens is 428 g/mol. The molecule has 9 heteroatoms. The number of carboxylic acid groups (broad SMARTS) is 1. The molecule has 2 amide bonds. The quantitative estimate of drug-likeness (QED) is 0.714. The number of carbonyl (C=O) groups is 3. The van der Waals surface area contributed by atoms with Crippen LogP contribution in [0.4, 0.5) is 10.5 Å². The van der Waals surface area contributed by atoms with Gasteiger partial charge < -0.3 is 24.2 Å². The van der Waals surface area contributed by atoms with Crippen molar-refractivity contribution in [2.45, 2.75) is 38.5 Å². The molecule has 2 aliphatic heterocycles. The minimum Gasteiger partial charge on any atom is -0.496 e. The van der Waals surface area contributed by atoms with Gasteiger partial charge in [0, 0.05) is 30.8 Å². The van der Waals surface area contributed by atoms with Gasteiger partial charge in [0.2, 0.25) is 0 Å². The molecule has 174 valence electrons. The molecule has 0 spiro atoms. The molecule has 0 bridgehead atoms. The predicted octanol–water partition coefficient (Wildman–Crippen LogP) is 3.31. The van der Waals surface area contributed by atoms with E-state index in [4.69, 9.17) is 19.3 Å². The van der Waals surface area contributed by atoms with Gasteiger partial charge in [0.25, 0.3) is 5.91 Å². The number of cyclic esters (lactones) is 1. The van der Waals surface area contributed by atoms with Crippen molar-refractivity contribution in [1.29, 1.82) is 0 Å². The Labute approximate surface area is 191 Å². The lowest BCUT2D eigenvalue weighted by molar-refractivity contribution is -0.144. The number of methoxy groups -OCH3 is 1. The molecule has 0 aliphatic carbocycles. The van der Waals surface area contributed by atoms with Crippen LogP contribution in [0.25, 0.3) is 0 Å². The second-order valence-electron chi connectivity index (χ2n) is 8.04. The highest BCUT2D eigenvalue weighted by atomic mass is 16.6. The lowest BCUT2D eigenvalue weighted by Gasteiger charge is -2.40. The van der Waals surface area contributed by atoms with Gasteiger partial charge in [-0.1, -0.05) is 18.2 Å². The van der Waals surface area contributed by atoms with Crippen molar-refractivity contribution in [3.63, 3.8) is 0 Å². The van der Waals surface area contributed by atoms with Gasteiger partial charge in [0.05, 0.1) is 18.4 Å². The summed E-state index contributed by atoms with van der Waals surface area (Å²) in [7, 11) is 1.45. The number of hydrogen-bond acceptors (Lipinski definition) is 6. The van der Waals surface area contributed by atoms with E-state index in [1.54, 1.807) is 21.9 Å². The topological polar surface area (TPSA) is 106 Å². The summed E-state index contributed by atoms with van der Waals surface area (Å²) < 4.78 is 16.1. The molecule has 1 unspecified atom stereocenters. The van der Waals surface area contributed by atoms with Crippen molar-refractivity contribution in [2.75, 3.05) is 25.1 Å². The van der Waals surface area contributed by atoms with Gasteiger partial charge in [-0.05, 0) is 38.0 Å². The van der Waals surface area contributed by atoms with Crippen LogP contribution in [0.2, 0.25) is 0 Å². The van der Waals surface area contributed by atoms with Crippen LogP contribution in [0.1, 0.15) is 35.7 Å². The van der Waals surface area contributed by atoms with Crippen LogP contribution in [0, 0.1) is 0 Å². The molecule has 1 N–H and O–H groups in total. The maximum Gasteiger partial charge on any atom is 0.414 e. The zero-order valence-electron chi connectivity index (χ0n) is 18.5. The van der Waals surface area contributed by atoms with E-state index in [2.05, 4.69) is 0 Å². The van der Waals surface area contributed by atoms with E-state index in [1.165, 1.54) is 20.1 Å². The minimum absolute atomic E-state index is 0.0572. The number of rotatable bonds is 6. The first-order chi connectivity index (χ1) is 15.9. The maximum absolute atomic E-state index is 13.2. The minimum atomic E-state index is -1.09. The molecule has 2 heterocycles. The first kappa shape index (κ1) is 22.4. The molecule has 1 atom stereocenters. The van der Waals surface area contributed by atoms with Gasteiger partial charge in [-0.25, -0.2) is 9.59 Å². The zero-order valence-corrected chi connectivity index (χ0v) is 18.5. The van der Waals surface area contributed by atoms with Crippen LogP contribution in [0.15, 0.2) is 42.5 Å². The smallest absolute Gasteiger partial charge is 0.414 e. The molecule has 2 aromatic rings. The first-order valence-electron chi connectivity index (χ1n) is 10.8. The Morgan fingerprint density at radius 3 is 2.58 bits per heavy atom. The number of ether oxygens (including phenoxy) is 3. The Balaban J connectivity index is 1.45. The Hall–Kier alpha value is -3.75. The number of likely N-dealkylation sites (tertiary alicyclic amines) is 1. The van der Waals surface area contributed by atoms with Gasteiger partial charge in [-0.2, -0.15) is 0 Å². The van der Waals surface area contributed by atoms with Crippen molar-refractivity contribution < 1.29 is 33.7 Å². The Morgan fingerprint density at radius 1 is 1.15 bits per heavy atom. The summed E-state index contributed by atoms with van der Waals surface area (Å²) in [5.41, 5.74) is 2.21. The molecule has 4 rings (SSSR count). The lowest BCUT2D eigenvalue weighted by atomic mass is 10.00. The van der Waals surface area contributed by atoms with E-state index in [1.807, 2.05) is 24.3 Å². The fourth-order valence-corrected chi connectivity index (χ4v) is 4.19. The molecule has 9 nitrogen and oxygen atoms in total. The van der Waals surface area contributed by atoms with Crippen LogP contribution < -0.4 is 14.4 Å². The third kappa shape index (κ3) is 4.57. The number of nitrogens with zero attached hydrogens (tertiary/aromatic N) is 2. The number of hydrogen-bond donors (Lipinski definition) is 1. The van der Waals surface area contributed by atoms with Crippen molar-refractivity contribution in [1.82, 2.24) is 4.90 Å². The molecule has 1 saturated heterocycles. The van der Waals surface area contributed by atoms with Crippen molar-refractivity contribution in [3.05, 3.63) is 53.6 Å². The summed E-state index contributed by atoms with van der Waals surface area (Å²) in [6, 6.07) is 12.3. The van der Waals surface area contributed by atoms with Gasteiger partial charge in [0.1, 0.15) is 18.1 Å². The molecular formula is C24H26N2O7. The van der Waals surface area contributed by atoms with E-state index in [-0.39, 0.29) is 24.6 Å². The highest BCUT2D eigenvalue weighted by Gasteiger charge is 2.35. The van der Waals surface area contributed by atoms with Crippen LogP contribution in [0.3, 0.4) is 0 Å². The summed E-state index contributed by atoms with van der Waals surface area (Å²) in [6.45, 7) is 2.65. The third-order valence-electron chi connectivity index (χ3n) is 5.98. The van der Waals surface area contributed by atoms with Crippen LogP contribution >= 0.6 is 0 Å². The molecule has 1 fully saturated rings. The molecule has 2 aliphatic rings. The highest BCUT2D eigenvalue weighted by Crippen LogP contribution is 2.33. The van der Waals surface area contributed by atoms with Crippen LogP contribution in [0.5, 0.6) is 11.5 Å². The average molecular weight is 454 g/mol. The van der Waals surface area contributed by atoms with E-state index < -0.39 is 12.1 Å². The van der Waals surface area contributed by atoms with E-state index >= 15 is 0 Å². The predicted molar refractivity (Wildman–Crippen MR) is 119 cm³/mol.